The van der Waals surface area contributed by atoms with E-state index >= 15 is 0 Å². The third kappa shape index (κ3) is 1.78. The van der Waals surface area contributed by atoms with Gasteiger partial charge in [0, 0.05) is 23.8 Å². The molecule has 0 aromatic heterocycles. The van der Waals surface area contributed by atoms with E-state index in [1.165, 1.54) is 12.1 Å². The summed E-state index contributed by atoms with van der Waals surface area (Å²) in [4.78, 5) is 28.7. The summed E-state index contributed by atoms with van der Waals surface area (Å²) in [5, 5.41) is 2.88. The van der Waals surface area contributed by atoms with Crippen molar-refractivity contribution in [3.05, 3.63) is 41.2 Å². The molecule has 3 atom stereocenters. The molecule has 4 rings (SSSR count). The summed E-state index contributed by atoms with van der Waals surface area (Å²) in [6.07, 6.45) is 3.73. The highest BCUT2D eigenvalue weighted by Gasteiger charge is 2.74. The third-order valence-corrected chi connectivity index (χ3v) is 6.29. The van der Waals surface area contributed by atoms with Crippen LogP contribution in [0.4, 0.5) is 10.1 Å². The van der Waals surface area contributed by atoms with Crippen molar-refractivity contribution in [2.24, 2.45) is 5.41 Å². The number of anilines is 1. The molecule has 1 N–H and O–H groups in total. The minimum absolute atomic E-state index is 0.0191. The number of benzene rings is 1. The zero-order chi connectivity index (χ0) is 18.7. The molecule has 138 valence electrons. The number of halogens is 1. The monoisotopic (exact) mass is 358 g/mol. The van der Waals surface area contributed by atoms with Gasteiger partial charge >= 0.3 is 5.97 Å². The van der Waals surface area contributed by atoms with E-state index in [-0.39, 0.29) is 18.6 Å². The van der Waals surface area contributed by atoms with Crippen LogP contribution < -0.4 is 5.32 Å². The first-order valence-electron chi connectivity index (χ1n) is 9.15. The quantitative estimate of drug-likeness (QED) is 0.652. The van der Waals surface area contributed by atoms with E-state index in [9.17, 15) is 14.0 Å². The Bertz CT molecular complexity index is 836. The Balaban J connectivity index is 2.05. The van der Waals surface area contributed by atoms with Crippen LogP contribution in [-0.4, -0.2) is 36.0 Å². The molecular weight excluding hydrogens is 335 g/mol. The second kappa shape index (κ2) is 5.64. The lowest BCUT2D eigenvalue weighted by Gasteiger charge is -2.41. The summed E-state index contributed by atoms with van der Waals surface area (Å²) >= 11 is 0. The Labute approximate surface area is 152 Å². The number of carbonyl (C=O) groups is 2. The third-order valence-electron chi connectivity index (χ3n) is 6.29. The number of amides is 1. The average Bonchev–Trinajstić information content (AvgIpc) is 3.23. The molecule has 26 heavy (non-hydrogen) atoms. The lowest BCUT2D eigenvalue weighted by Crippen LogP contribution is -2.58. The largest absolute Gasteiger partial charge is 0.465 e. The number of fused-ring (bicyclic) bond motifs is 4. The maximum atomic E-state index is 14.2. The minimum atomic E-state index is -1.28. The van der Waals surface area contributed by atoms with Crippen LogP contribution in [0.25, 0.3) is 0 Å². The Morgan fingerprint density at radius 1 is 1.50 bits per heavy atom. The van der Waals surface area contributed by atoms with E-state index in [0.717, 1.165) is 18.4 Å². The van der Waals surface area contributed by atoms with Gasteiger partial charge in [-0.2, -0.15) is 0 Å². The van der Waals surface area contributed by atoms with Gasteiger partial charge in [0.2, 0.25) is 0 Å². The fourth-order valence-corrected chi connectivity index (χ4v) is 5.38. The van der Waals surface area contributed by atoms with E-state index in [4.69, 9.17) is 4.74 Å². The summed E-state index contributed by atoms with van der Waals surface area (Å²) in [5.41, 5.74) is -0.497. The van der Waals surface area contributed by atoms with Gasteiger partial charge in [0.25, 0.3) is 5.91 Å². The number of esters is 1. The number of allylic oxidation sites excluding steroid dienone is 1. The maximum Gasteiger partial charge on any atom is 0.318 e. The van der Waals surface area contributed by atoms with E-state index in [1.807, 2.05) is 13.0 Å². The molecule has 1 amide bonds. The van der Waals surface area contributed by atoms with Gasteiger partial charge in [-0.15, -0.1) is 0 Å². The van der Waals surface area contributed by atoms with E-state index in [0.29, 0.717) is 17.8 Å². The Morgan fingerprint density at radius 3 is 2.96 bits per heavy atom. The first-order valence-corrected chi connectivity index (χ1v) is 9.15. The topological polar surface area (TPSA) is 58.6 Å². The molecule has 3 aliphatic rings. The van der Waals surface area contributed by atoms with Gasteiger partial charge in [-0.1, -0.05) is 6.08 Å². The summed E-state index contributed by atoms with van der Waals surface area (Å²) in [7, 11) is 0. The highest BCUT2D eigenvalue weighted by molar-refractivity contribution is 6.11. The average molecular weight is 358 g/mol. The van der Waals surface area contributed by atoms with Crippen LogP contribution in [0.2, 0.25) is 0 Å². The molecule has 6 heteroatoms. The molecule has 0 radical (unpaired) electrons. The van der Waals surface area contributed by atoms with Crippen LogP contribution in [0.5, 0.6) is 0 Å². The molecule has 1 aromatic carbocycles. The van der Waals surface area contributed by atoms with Crippen molar-refractivity contribution in [1.29, 1.82) is 0 Å². The van der Waals surface area contributed by atoms with Gasteiger partial charge in [-0.25, -0.2) is 4.39 Å². The van der Waals surface area contributed by atoms with E-state index < -0.39 is 22.7 Å². The van der Waals surface area contributed by atoms with Crippen molar-refractivity contribution < 1.29 is 18.7 Å². The molecule has 3 aliphatic heterocycles. The smallest absolute Gasteiger partial charge is 0.318 e. The molecule has 0 aliphatic carbocycles. The van der Waals surface area contributed by atoms with Crippen molar-refractivity contribution in [2.75, 3.05) is 18.5 Å². The van der Waals surface area contributed by atoms with Crippen LogP contribution in [0, 0.1) is 11.2 Å². The SMILES string of the molecule is C/C=C1/[C@H]2CCCN2[C@]2(C(=O)Nc3ccc(F)cc32)[C@@]1(C)C(=O)OCC. The second-order valence-corrected chi connectivity index (χ2v) is 7.30. The zero-order valence-electron chi connectivity index (χ0n) is 15.3. The zero-order valence-corrected chi connectivity index (χ0v) is 15.3. The van der Waals surface area contributed by atoms with Crippen molar-refractivity contribution in [3.63, 3.8) is 0 Å². The Morgan fingerprint density at radius 2 is 2.27 bits per heavy atom. The van der Waals surface area contributed by atoms with Gasteiger partial charge in [-0.05, 0) is 57.4 Å². The molecule has 2 saturated heterocycles. The lowest BCUT2D eigenvalue weighted by molar-refractivity contribution is -0.161. The summed E-state index contributed by atoms with van der Waals surface area (Å²) in [6.45, 7) is 6.33. The highest BCUT2D eigenvalue weighted by atomic mass is 19.1. The van der Waals surface area contributed by atoms with Crippen molar-refractivity contribution >= 4 is 17.6 Å². The van der Waals surface area contributed by atoms with E-state index in [1.54, 1.807) is 19.9 Å². The summed E-state index contributed by atoms with van der Waals surface area (Å²) < 4.78 is 19.6. The van der Waals surface area contributed by atoms with E-state index in [2.05, 4.69) is 10.2 Å². The van der Waals surface area contributed by atoms with Crippen LogP contribution in [0.3, 0.4) is 0 Å². The molecule has 1 spiro atoms. The van der Waals surface area contributed by atoms with Crippen LogP contribution in [0.15, 0.2) is 29.8 Å². The molecule has 5 nitrogen and oxygen atoms in total. The molecule has 3 heterocycles. The van der Waals surface area contributed by atoms with Gasteiger partial charge in [0.1, 0.15) is 16.8 Å². The molecule has 1 aromatic rings. The summed E-state index contributed by atoms with van der Waals surface area (Å²) in [5.74, 6) is -1.14. The number of hydrogen-bond acceptors (Lipinski definition) is 4. The number of nitrogens with one attached hydrogen (secondary N) is 1. The first kappa shape index (κ1) is 17.2. The molecular formula is C20H23FN2O3. The predicted molar refractivity (Wildman–Crippen MR) is 94.9 cm³/mol. The van der Waals surface area contributed by atoms with Crippen LogP contribution >= 0.6 is 0 Å². The Kier molecular flexibility index (Phi) is 3.74. The number of nitrogens with zero attached hydrogens (tertiary/aromatic N) is 1. The van der Waals surface area contributed by atoms with Gasteiger partial charge in [0.05, 0.1) is 6.61 Å². The number of hydrogen-bond donors (Lipinski definition) is 1. The fraction of sp³-hybridized carbons (Fsp3) is 0.500. The predicted octanol–water partition coefficient (Wildman–Crippen LogP) is 2.97. The number of rotatable bonds is 2. The standard InChI is InChI=1S/C20H23FN2O3/c1-4-13-16-7-6-10-23(16)20(19(13,3)18(25)26-5-2)14-11-12(21)8-9-15(14)22-17(20)24/h4,8-9,11,16H,5-7,10H2,1-3H3,(H,22,24)/b13-4-/t16-,19-,20-/m1/s1. The van der Waals surface area contributed by atoms with Crippen LogP contribution in [-0.2, 0) is 19.9 Å². The lowest BCUT2D eigenvalue weighted by atomic mass is 9.65. The highest BCUT2D eigenvalue weighted by Crippen LogP contribution is 2.64. The van der Waals surface area contributed by atoms with Crippen LogP contribution in [0.1, 0.15) is 39.2 Å². The molecule has 2 fully saturated rings. The van der Waals surface area contributed by atoms with Gasteiger partial charge in [0.15, 0.2) is 0 Å². The van der Waals surface area contributed by atoms with Crippen molar-refractivity contribution in [3.8, 4) is 0 Å². The van der Waals surface area contributed by atoms with Crippen molar-refractivity contribution in [2.45, 2.75) is 45.2 Å². The normalized spacial score (nSPS) is 34.2. The molecule has 0 bridgehead atoms. The Hall–Kier alpha value is -2.21. The minimum Gasteiger partial charge on any atom is -0.465 e. The maximum absolute atomic E-state index is 14.2. The fourth-order valence-electron chi connectivity index (χ4n) is 5.38. The van der Waals surface area contributed by atoms with Crippen molar-refractivity contribution in [1.82, 2.24) is 4.90 Å². The molecule has 0 unspecified atom stereocenters. The van der Waals surface area contributed by atoms with Gasteiger partial charge in [-0.3, -0.25) is 14.5 Å². The summed E-state index contributed by atoms with van der Waals surface area (Å²) in [6, 6.07) is 4.27. The van der Waals surface area contributed by atoms with Gasteiger partial charge < -0.3 is 10.1 Å². The molecule has 0 saturated carbocycles. The first-order chi connectivity index (χ1) is 12.4. The number of ether oxygens (including phenoxy) is 1. The second-order valence-electron chi connectivity index (χ2n) is 7.30. The number of carbonyl (C=O) groups excluding carboxylic acids is 2.